The molecule has 3 atom stereocenters. The molecule has 0 aliphatic carbocycles. The van der Waals surface area contributed by atoms with Crippen molar-refractivity contribution in [3.63, 3.8) is 0 Å². The zero-order chi connectivity index (χ0) is 13.4. The summed E-state index contributed by atoms with van der Waals surface area (Å²) in [6.45, 7) is 2.47. The average Bonchev–Trinajstić information content (AvgIpc) is 2.62. The molecule has 1 aromatic carbocycles. The highest BCUT2D eigenvalue weighted by molar-refractivity contribution is 6.64. The SMILES string of the molecule is CC(O)C1COc2cccc3c2B(OC3CNCl)O1. The normalized spacial score (nSPS) is 26.6. The van der Waals surface area contributed by atoms with Gasteiger partial charge in [0.2, 0.25) is 0 Å². The predicted octanol–water partition coefficient (Wildman–Crippen LogP) is 0.355. The molecule has 0 saturated heterocycles. The van der Waals surface area contributed by atoms with E-state index in [2.05, 4.69) is 4.84 Å². The highest BCUT2D eigenvalue weighted by Gasteiger charge is 2.43. The van der Waals surface area contributed by atoms with Gasteiger partial charge in [0, 0.05) is 12.0 Å². The molecule has 0 radical (unpaired) electrons. The molecule has 1 aromatic rings. The molecule has 2 aliphatic rings. The van der Waals surface area contributed by atoms with Gasteiger partial charge in [-0.2, -0.15) is 0 Å². The Balaban J connectivity index is 1.95. The van der Waals surface area contributed by atoms with Gasteiger partial charge in [-0.3, -0.25) is 0 Å². The fraction of sp³-hybridized carbons (Fsp3) is 0.500. The second kappa shape index (κ2) is 5.30. The number of halogens is 1. The molecule has 102 valence electrons. The van der Waals surface area contributed by atoms with Crippen LogP contribution in [-0.4, -0.2) is 37.6 Å². The van der Waals surface area contributed by atoms with Crippen LogP contribution in [0.5, 0.6) is 5.75 Å². The Morgan fingerprint density at radius 1 is 1.53 bits per heavy atom. The van der Waals surface area contributed by atoms with Gasteiger partial charge in [0.05, 0.1) is 12.2 Å². The Bertz CT molecular complexity index is 473. The van der Waals surface area contributed by atoms with Crippen molar-refractivity contribution in [1.82, 2.24) is 4.84 Å². The number of aliphatic hydroxyl groups is 1. The van der Waals surface area contributed by atoms with E-state index >= 15 is 0 Å². The van der Waals surface area contributed by atoms with Crippen molar-refractivity contribution in [2.75, 3.05) is 13.2 Å². The molecule has 0 bridgehead atoms. The van der Waals surface area contributed by atoms with E-state index in [1.165, 1.54) is 0 Å². The summed E-state index contributed by atoms with van der Waals surface area (Å²) in [5.74, 6) is 0.753. The first kappa shape index (κ1) is 13.2. The van der Waals surface area contributed by atoms with Crippen LogP contribution in [0.4, 0.5) is 0 Å². The van der Waals surface area contributed by atoms with Crippen LogP contribution in [0.3, 0.4) is 0 Å². The van der Waals surface area contributed by atoms with Crippen LogP contribution in [-0.2, 0) is 9.31 Å². The number of nitrogens with one attached hydrogen (secondary N) is 1. The van der Waals surface area contributed by atoms with Crippen molar-refractivity contribution in [3.05, 3.63) is 23.8 Å². The average molecular weight is 284 g/mol. The van der Waals surface area contributed by atoms with Crippen molar-refractivity contribution in [1.29, 1.82) is 0 Å². The highest BCUT2D eigenvalue weighted by atomic mass is 35.5. The monoisotopic (exact) mass is 283 g/mol. The Labute approximate surface area is 117 Å². The van der Waals surface area contributed by atoms with Crippen LogP contribution in [0.15, 0.2) is 18.2 Å². The molecule has 0 spiro atoms. The summed E-state index contributed by atoms with van der Waals surface area (Å²) in [6, 6.07) is 5.79. The topological polar surface area (TPSA) is 60.0 Å². The fourth-order valence-corrected chi connectivity index (χ4v) is 2.60. The fourth-order valence-electron chi connectivity index (χ4n) is 2.46. The lowest BCUT2D eigenvalue weighted by molar-refractivity contribution is 0.00434. The second-order valence-electron chi connectivity index (χ2n) is 4.78. The molecule has 0 saturated carbocycles. The largest absolute Gasteiger partial charge is 0.498 e. The zero-order valence-corrected chi connectivity index (χ0v) is 11.3. The molecule has 2 aliphatic heterocycles. The third-order valence-electron chi connectivity index (χ3n) is 3.47. The molecule has 7 heteroatoms. The second-order valence-corrected chi connectivity index (χ2v) is 5.05. The number of ether oxygens (including phenoxy) is 1. The minimum absolute atomic E-state index is 0.172. The molecular weight excluding hydrogens is 268 g/mol. The molecule has 3 rings (SSSR count). The van der Waals surface area contributed by atoms with Gasteiger partial charge in [0.15, 0.2) is 0 Å². The van der Waals surface area contributed by atoms with E-state index in [0.29, 0.717) is 13.2 Å². The van der Waals surface area contributed by atoms with Crippen molar-refractivity contribution in [2.45, 2.75) is 25.2 Å². The summed E-state index contributed by atoms with van der Waals surface area (Å²) in [5, 5.41) is 9.69. The molecule has 19 heavy (non-hydrogen) atoms. The van der Waals surface area contributed by atoms with Gasteiger partial charge in [-0.05, 0) is 30.3 Å². The van der Waals surface area contributed by atoms with Gasteiger partial charge in [-0.25, -0.2) is 4.84 Å². The van der Waals surface area contributed by atoms with Crippen molar-refractivity contribution in [2.24, 2.45) is 0 Å². The summed E-state index contributed by atoms with van der Waals surface area (Å²) in [4.78, 5) is 2.59. The highest BCUT2D eigenvalue weighted by Crippen LogP contribution is 2.31. The zero-order valence-electron chi connectivity index (χ0n) is 10.5. The number of rotatable bonds is 3. The molecule has 2 N–H and O–H groups in total. The van der Waals surface area contributed by atoms with E-state index in [9.17, 15) is 5.11 Å². The van der Waals surface area contributed by atoms with Crippen LogP contribution in [0.1, 0.15) is 18.6 Å². The Hall–Kier alpha value is -0.785. The van der Waals surface area contributed by atoms with Crippen LogP contribution < -0.4 is 15.0 Å². The molecular formula is C12H15BClNO4. The summed E-state index contributed by atoms with van der Waals surface area (Å²) >= 11 is 5.56. The smallest absolute Gasteiger partial charge is 0.491 e. The molecule has 0 amide bonds. The lowest BCUT2D eigenvalue weighted by Crippen LogP contribution is -2.40. The predicted molar refractivity (Wildman–Crippen MR) is 71.6 cm³/mol. The molecule has 0 aromatic heterocycles. The molecule has 3 unspecified atom stereocenters. The first-order valence-electron chi connectivity index (χ1n) is 6.28. The van der Waals surface area contributed by atoms with Crippen molar-refractivity contribution >= 4 is 24.4 Å². The van der Waals surface area contributed by atoms with Crippen LogP contribution in [0.2, 0.25) is 0 Å². The number of benzene rings is 1. The molecule has 2 heterocycles. The first-order valence-corrected chi connectivity index (χ1v) is 6.66. The van der Waals surface area contributed by atoms with Gasteiger partial charge in [-0.15, -0.1) is 0 Å². The van der Waals surface area contributed by atoms with Gasteiger partial charge >= 0.3 is 7.12 Å². The third-order valence-corrected chi connectivity index (χ3v) is 3.63. The van der Waals surface area contributed by atoms with E-state index in [1.807, 2.05) is 18.2 Å². The van der Waals surface area contributed by atoms with E-state index in [4.69, 9.17) is 25.8 Å². The lowest BCUT2D eigenvalue weighted by Gasteiger charge is -2.21. The standard InChI is InChI=1S/C12H15BClNO4/c1-7(16)11-6-17-9-4-2-3-8-10(5-15-14)18-13(19-11)12(8)9/h2-4,7,10-11,15-16H,5-6H2,1H3. The maximum Gasteiger partial charge on any atom is 0.498 e. The summed E-state index contributed by atoms with van der Waals surface area (Å²) < 4.78 is 17.4. The summed E-state index contributed by atoms with van der Waals surface area (Å²) in [6.07, 6.45) is -1.20. The van der Waals surface area contributed by atoms with E-state index in [1.54, 1.807) is 6.92 Å². The maximum absolute atomic E-state index is 9.69. The van der Waals surface area contributed by atoms with Crippen molar-refractivity contribution < 1.29 is 19.2 Å². The minimum atomic E-state index is -0.619. The van der Waals surface area contributed by atoms with Crippen molar-refractivity contribution in [3.8, 4) is 5.75 Å². The Morgan fingerprint density at radius 2 is 2.37 bits per heavy atom. The first-order chi connectivity index (χ1) is 9.20. The minimum Gasteiger partial charge on any atom is -0.491 e. The lowest BCUT2D eigenvalue weighted by atomic mass is 9.77. The van der Waals surface area contributed by atoms with E-state index in [-0.39, 0.29) is 6.10 Å². The van der Waals surface area contributed by atoms with Gasteiger partial charge in [0.25, 0.3) is 0 Å². The van der Waals surface area contributed by atoms with E-state index < -0.39 is 19.3 Å². The number of hydrogen-bond donors (Lipinski definition) is 2. The van der Waals surface area contributed by atoms with E-state index in [0.717, 1.165) is 16.8 Å². The number of hydrogen-bond acceptors (Lipinski definition) is 5. The Kier molecular flexibility index (Phi) is 3.69. The quantitative estimate of drug-likeness (QED) is 0.619. The van der Waals surface area contributed by atoms with Crippen LogP contribution >= 0.6 is 11.8 Å². The molecule has 0 fully saturated rings. The third kappa shape index (κ3) is 2.35. The molecule has 5 nitrogen and oxygen atoms in total. The summed E-state index contributed by atoms with van der Waals surface area (Å²) in [7, 11) is -0.511. The summed E-state index contributed by atoms with van der Waals surface area (Å²) in [5.41, 5.74) is 1.92. The maximum atomic E-state index is 9.69. The van der Waals surface area contributed by atoms with Crippen LogP contribution in [0, 0.1) is 0 Å². The van der Waals surface area contributed by atoms with Gasteiger partial charge < -0.3 is 19.2 Å². The van der Waals surface area contributed by atoms with Crippen LogP contribution in [0.25, 0.3) is 0 Å². The Morgan fingerprint density at radius 3 is 3.11 bits per heavy atom. The number of aliphatic hydroxyl groups excluding tert-OH is 1. The van der Waals surface area contributed by atoms with Gasteiger partial charge in [0.1, 0.15) is 18.5 Å². The van der Waals surface area contributed by atoms with Gasteiger partial charge in [-0.1, -0.05) is 12.1 Å².